The van der Waals surface area contributed by atoms with Gasteiger partial charge in [-0.15, -0.1) is 0 Å². The van der Waals surface area contributed by atoms with E-state index in [1.54, 1.807) is 18.4 Å². The number of thiophene rings is 1. The largest absolute Gasteiger partial charge is 0.477 e. The number of nitrogens with one attached hydrogen (secondary N) is 2. The van der Waals surface area contributed by atoms with Crippen LogP contribution in [0.15, 0.2) is 40.1 Å². The third-order valence-corrected chi connectivity index (χ3v) is 4.42. The molecule has 1 fully saturated rings. The molecule has 0 atom stereocenters. The Kier molecular flexibility index (Phi) is 5.47. The fourth-order valence-corrected chi connectivity index (χ4v) is 2.74. The Morgan fingerprint density at radius 3 is 2.70 bits per heavy atom. The molecule has 0 bridgehead atoms. The highest BCUT2D eigenvalue weighted by Gasteiger charge is 2.21. The summed E-state index contributed by atoms with van der Waals surface area (Å²) in [5, 5.41) is 10.8. The van der Waals surface area contributed by atoms with Gasteiger partial charge in [-0.05, 0) is 46.7 Å². The van der Waals surface area contributed by atoms with Gasteiger partial charge in [-0.1, -0.05) is 6.07 Å². The molecular weight excluding hydrogens is 308 g/mol. The number of aromatic nitrogens is 1. The van der Waals surface area contributed by atoms with Crippen molar-refractivity contribution in [2.75, 3.05) is 13.7 Å². The van der Waals surface area contributed by atoms with Crippen molar-refractivity contribution in [2.24, 2.45) is 10.9 Å². The highest BCUT2D eigenvalue weighted by molar-refractivity contribution is 7.07. The summed E-state index contributed by atoms with van der Waals surface area (Å²) in [5.74, 6) is 2.24. The Morgan fingerprint density at radius 2 is 2.09 bits per heavy atom. The van der Waals surface area contributed by atoms with E-state index < -0.39 is 0 Å². The van der Waals surface area contributed by atoms with E-state index in [1.807, 2.05) is 18.3 Å². The van der Waals surface area contributed by atoms with Crippen molar-refractivity contribution in [1.29, 1.82) is 0 Å². The molecule has 6 heteroatoms. The first-order valence-electron chi connectivity index (χ1n) is 7.87. The Bertz CT molecular complexity index is 621. The second-order valence-electron chi connectivity index (χ2n) is 5.67. The molecule has 1 aliphatic rings. The molecule has 0 aliphatic heterocycles. The summed E-state index contributed by atoms with van der Waals surface area (Å²) in [6.07, 6.45) is 4.43. The van der Waals surface area contributed by atoms with Gasteiger partial charge in [-0.25, -0.2) is 4.98 Å². The Hall–Kier alpha value is -2.08. The molecule has 1 saturated carbocycles. The Labute approximate surface area is 140 Å². The highest BCUT2D eigenvalue weighted by Crippen LogP contribution is 2.29. The lowest BCUT2D eigenvalue weighted by Gasteiger charge is -2.11. The van der Waals surface area contributed by atoms with E-state index in [-0.39, 0.29) is 0 Å². The smallest absolute Gasteiger partial charge is 0.213 e. The number of guanidine groups is 1. The number of ether oxygens (including phenoxy) is 1. The summed E-state index contributed by atoms with van der Waals surface area (Å²) in [7, 11) is 1.77. The molecule has 0 unspecified atom stereocenters. The van der Waals surface area contributed by atoms with Crippen LogP contribution in [0, 0.1) is 5.92 Å². The Balaban J connectivity index is 1.42. The zero-order valence-electron chi connectivity index (χ0n) is 13.3. The third-order valence-electron chi connectivity index (χ3n) is 3.69. The van der Waals surface area contributed by atoms with Crippen LogP contribution in [0.5, 0.6) is 5.88 Å². The van der Waals surface area contributed by atoms with Crippen LogP contribution in [0.1, 0.15) is 24.0 Å². The average molecular weight is 330 g/mol. The quantitative estimate of drug-likeness (QED) is 0.605. The van der Waals surface area contributed by atoms with Crippen molar-refractivity contribution in [3.63, 3.8) is 0 Å². The zero-order chi connectivity index (χ0) is 15.9. The molecule has 2 aromatic heterocycles. The minimum Gasteiger partial charge on any atom is -0.477 e. The number of hydrogen-bond donors (Lipinski definition) is 2. The van der Waals surface area contributed by atoms with Crippen LogP contribution in [0.2, 0.25) is 0 Å². The minimum absolute atomic E-state index is 0.680. The van der Waals surface area contributed by atoms with E-state index in [1.165, 1.54) is 18.4 Å². The predicted octanol–water partition coefficient (Wildman–Crippen LogP) is 2.80. The van der Waals surface area contributed by atoms with Crippen molar-refractivity contribution in [1.82, 2.24) is 15.6 Å². The van der Waals surface area contributed by atoms with Crippen molar-refractivity contribution in [2.45, 2.75) is 25.9 Å². The molecule has 23 heavy (non-hydrogen) atoms. The van der Waals surface area contributed by atoms with E-state index in [4.69, 9.17) is 4.74 Å². The lowest BCUT2D eigenvalue weighted by atomic mass is 10.3. The number of rotatable bonds is 7. The second kappa shape index (κ2) is 7.97. The second-order valence-corrected chi connectivity index (χ2v) is 6.45. The molecule has 2 N–H and O–H groups in total. The summed E-state index contributed by atoms with van der Waals surface area (Å²) >= 11 is 1.70. The van der Waals surface area contributed by atoms with Gasteiger partial charge in [0, 0.05) is 32.4 Å². The SMILES string of the molecule is CN=C(NCc1ccc(OCC2CC2)nc1)NCc1ccsc1. The standard InChI is InChI=1S/C17H22N4OS/c1-18-17(21-10-15-6-7-23-12-15)20-9-14-4-5-16(19-8-14)22-11-13-2-3-13/h4-8,12-13H,2-3,9-11H2,1H3,(H2,18,20,21). The molecule has 122 valence electrons. The van der Waals surface area contributed by atoms with Crippen LogP contribution in [-0.4, -0.2) is 24.6 Å². The van der Waals surface area contributed by atoms with Gasteiger partial charge in [0.2, 0.25) is 5.88 Å². The normalized spacial score (nSPS) is 14.6. The molecule has 1 aliphatic carbocycles. The summed E-state index contributed by atoms with van der Waals surface area (Å²) in [5.41, 5.74) is 2.36. The molecule has 0 aromatic carbocycles. The van der Waals surface area contributed by atoms with Crippen LogP contribution in [-0.2, 0) is 13.1 Å². The third kappa shape index (κ3) is 5.25. The lowest BCUT2D eigenvalue weighted by Crippen LogP contribution is -2.36. The van der Waals surface area contributed by atoms with Gasteiger partial charge in [0.15, 0.2) is 5.96 Å². The fourth-order valence-electron chi connectivity index (χ4n) is 2.07. The van der Waals surface area contributed by atoms with E-state index in [2.05, 4.69) is 37.4 Å². The minimum atomic E-state index is 0.680. The van der Waals surface area contributed by atoms with Crippen molar-refractivity contribution in [3.05, 3.63) is 46.3 Å². The number of hydrogen-bond acceptors (Lipinski definition) is 4. The van der Waals surface area contributed by atoms with Gasteiger partial charge in [0.1, 0.15) is 0 Å². The summed E-state index contributed by atoms with van der Waals surface area (Å²) in [4.78, 5) is 8.58. The number of aliphatic imine (C=N–C) groups is 1. The van der Waals surface area contributed by atoms with Crippen LogP contribution in [0.4, 0.5) is 0 Å². The van der Waals surface area contributed by atoms with Crippen LogP contribution in [0.25, 0.3) is 0 Å². The lowest BCUT2D eigenvalue weighted by molar-refractivity contribution is 0.288. The van der Waals surface area contributed by atoms with Gasteiger partial charge < -0.3 is 15.4 Å². The monoisotopic (exact) mass is 330 g/mol. The maximum Gasteiger partial charge on any atom is 0.213 e. The molecular formula is C17H22N4OS. The molecule has 2 aromatic rings. The van der Waals surface area contributed by atoms with Crippen molar-refractivity contribution in [3.8, 4) is 5.88 Å². The molecule has 0 radical (unpaired) electrons. The maximum absolute atomic E-state index is 5.64. The topological polar surface area (TPSA) is 58.5 Å². The first kappa shape index (κ1) is 15.8. The highest BCUT2D eigenvalue weighted by atomic mass is 32.1. The molecule has 5 nitrogen and oxygen atoms in total. The van der Waals surface area contributed by atoms with E-state index in [9.17, 15) is 0 Å². The predicted molar refractivity (Wildman–Crippen MR) is 93.8 cm³/mol. The number of pyridine rings is 1. The summed E-state index contributed by atoms with van der Waals surface area (Å²) in [6, 6.07) is 6.07. The first-order valence-corrected chi connectivity index (χ1v) is 8.81. The molecule has 0 amide bonds. The average Bonchev–Trinajstić information content (AvgIpc) is 3.28. The van der Waals surface area contributed by atoms with Crippen molar-refractivity contribution >= 4 is 17.3 Å². The van der Waals surface area contributed by atoms with Crippen LogP contribution in [0.3, 0.4) is 0 Å². The molecule has 2 heterocycles. The maximum atomic E-state index is 5.64. The van der Waals surface area contributed by atoms with Gasteiger partial charge in [-0.2, -0.15) is 11.3 Å². The Morgan fingerprint density at radius 1 is 1.26 bits per heavy atom. The van der Waals surface area contributed by atoms with Gasteiger partial charge in [0.05, 0.1) is 6.61 Å². The molecule has 3 rings (SSSR count). The van der Waals surface area contributed by atoms with E-state index >= 15 is 0 Å². The van der Waals surface area contributed by atoms with Gasteiger partial charge >= 0.3 is 0 Å². The van der Waals surface area contributed by atoms with Crippen molar-refractivity contribution < 1.29 is 4.74 Å². The van der Waals surface area contributed by atoms with Gasteiger partial charge in [0.25, 0.3) is 0 Å². The zero-order valence-corrected chi connectivity index (χ0v) is 14.1. The number of nitrogens with zero attached hydrogens (tertiary/aromatic N) is 2. The first-order chi connectivity index (χ1) is 11.3. The van der Waals surface area contributed by atoms with E-state index in [0.717, 1.165) is 30.6 Å². The van der Waals surface area contributed by atoms with Crippen LogP contribution >= 0.6 is 11.3 Å². The van der Waals surface area contributed by atoms with Crippen LogP contribution < -0.4 is 15.4 Å². The summed E-state index contributed by atoms with van der Waals surface area (Å²) < 4.78 is 5.64. The van der Waals surface area contributed by atoms with E-state index in [0.29, 0.717) is 12.4 Å². The fraction of sp³-hybridized carbons (Fsp3) is 0.412. The van der Waals surface area contributed by atoms with Gasteiger partial charge in [-0.3, -0.25) is 4.99 Å². The summed E-state index contributed by atoms with van der Waals surface area (Å²) in [6.45, 7) is 2.25. The molecule has 0 spiro atoms. The molecule has 0 saturated heterocycles.